The van der Waals surface area contributed by atoms with Crippen molar-refractivity contribution in [2.45, 2.75) is 52.5 Å². The van der Waals surface area contributed by atoms with E-state index in [1.54, 1.807) is 6.92 Å². The van der Waals surface area contributed by atoms with Gasteiger partial charge in [0.2, 0.25) is 0 Å². The molecule has 0 aliphatic carbocycles. The Labute approximate surface area is 80.8 Å². The van der Waals surface area contributed by atoms with E-state index in [0.29, 0.717) is 6.61 Å². The summed E-state index contributed by atoms with van der Waals surface area (Å²) in [5.41, 5.74) is -0.151. The molecule has 0 aromatic carbocycles. The van der Waals surface area contributed by atoms with Crippen molar-refractivity contribution in [1.29, 1.82) is 0 Å². The fourth-order valence-corrected chi connectivity index (χ4v) is 1.12. The molecule has 0 aliphatic rings. The molecule has 0 spiro atoms. The molecule has 78 valence electrons. The number of ether oxygens (including phenoxy) is 1. The maximum atomic E-state index is 11.1. The third kappa shape index (κ3) is 6.43. The van der Waals surface area contributed by atoms with Gasteiger partial charge in [0.25, 0.3) is 0 Å². The summed E-state index contributed by atoms with van der Waals surface area (Å²) in [6.07, 6.45) is 2.94. The minimum Gasteiger partial charge on any atom is -0.450 e. The van der Waals surface area contributed by atoms with Gasteiger partial charge in [-0.05, 0) is 27.2 Å². The van der Waals surface area contributed by atoms with Crippen molar-refractivity contribution >= 4 is 6.09 Å². The minimum atomic E-state index is -0.316. The van der Waals surface area contributed by atoms with Crippen molar-refractivity contribution in [1.82, 2.24) is 5.32 Å². The molecular formula is C10H21NO2. The van der Waals surface area contributed by atoms with Crippen molar-refractivity contribution in [3.05, 3.63) is 0 Å². The van der Waals surface area contributed by atoms with E-state index in [9.17, 15) is 4.79 Å². The fraction of sp³-hybridized carbons (Fsp3) is 0.900. The molecular weight excluding hydrogens is 166 g/mol. The summed E-state index contributed by atoms with van der Waals surface area (Å²) >= 11 is 0. The lowest BCUT2D eigenvalue weighted by atomic mass is 9.98. The van der Waals surface area contributed by atoms with Crippen molar-refractivity contribution in [2.75, 3.05) is 6.61 Å². The first-order valence-electron chi connectivity index (χ1n) is 4.96. The van der Waals surface area contributed by atoms with Crippen LogP contribution in [0.3, 0.4) is 0 Å². The maximum Gasteiger partial charge on any atom is 0.407 e. The van der Waals surface area contributed by atoms with E-state index in [0.717, 1.165) is 19.3 Å². The highest BCUT2D eigenvalue weighted by atomic mass is 16.5. The zero-order chi connectivity index (χ0) is 10.3. The molecule has 0 aliphatic heterocycles. The maximum absolute atomic E-state index is 11.1. The van der Waals surface area contributed by atoms with Gasteiger partial charge >= 0.3 is 6.09 Å². The predicted molar refractivity (Wildman–Crippen MR) is 53.8 cm³/mol. The first-order valence-corrected chi connectivity index (χ1v) is 4.96. The van der Waals surface area contributed by atoms with E-state index in [4.69, 9.17) is 4.74 Å². The number of rotatable bonds is 5. The first kappa shape index (κ1) is 12.3. The average molecular weight is 187 g/mol. The third-order valence-corrected chi connectivity index (χ3v) is 1.87. The standard InChI is InChI=1S/C10H21NO2/c1-5-7-8-10(3,4)11-9(12)13-6-2/h5-8H2,1-4H3,(H,11,12). The van der Waals surface area contributed by atoms with Crippen molar-refractivity contribution in [2.24, 2.45) is 0 Å². The van der Waals surface area contributed by atoms with Crippen LogP contribution in [0.4, 0.5) is 4.79 Å². The summed E-state index contributed by atoms with van der Waals surface area (Å²) in [7, 11) is 0. The van der Waals surface area contributed by atoms with Crippen LogP contribution in [0.15, 0.2) is 0 Å². The van der Waals surface area contributed by atoms with Gasteiger partial charge < -0.3 is 10.1 Å². The second kappa shape index (κ2) is 5.84. The Balaban J connectivity index is 3.79. The summed E-state index contributed by atoms with van der Waals surface area (Å²) in [5.74, 6) is 0. The molecule has 0 atom stereocenters. The van der Waals surface area contributed by atoms with E-state index in [-0.39, 0.29) is 11.6 Å². The summed E-state index contributed by atoms with van der Waals surface area (Å²) < 4.78 is 4.81. The Hall–Kier alpha value is -0.730. The van der Waals surface area contributed by atoms with E-state index in [1.165, 1.54) is 0 Å². The molecule has 1 amide bonds. The van der Waals surface area contributed by atoms with Gasteiger partial charge in [-0.25, -0.2) is 4.79 Å². The molecule has 0 rings (SSSR count). The molecule has 0 bridgehead atoms. The largest absolute Gasteiger partial charge is 0.450 e. The fourth-order valence-electron chi connectivity index (χ4n) is 1.12. The smallest absolute Gasteiger partial charge is 0.407 e. The van der Waals surface area contributed by atoms with E-state index in [2.05, 4.69) is 12.2 Å². The van der Waals surface area contributed by atoms with Crippen LogP contribution in [0.25, 0.3) is 0 Å². The summed E-state index contributed by atoms with van der Waals surface area (Å²) in [5, 5.41) is 2.83. The average Bonchev–Trinajstić information content (AvgIpc) is 2.00. The molecule has 0 radical (unpaired) electrons. The molecule has 0 fully saturated rings. The SMILES string of the molecule is CCCCC(C)(C)NC(=O)OCC. The number of hydrogen-bond donors (Lipinski definition) is 1. The summed E-state index contributed by atoms with van der Waals surface area (Å²) in [6, 6.07) is 0. The van der Waals surface area contributed by atoms with Crippen LogP contribution >= 0.6 is 0 Å². The van der Waals surface area contributed by atoms with Crippen LogP contribution in [0.1, 0.15) is 47.0 Å². The second-order valence-electron chi connectivity index (χ2n) is 3.83. The number of carbonyl (C=O) groups excluding carboxylic acids is 1. The highest BCUT2D eigenvalue weighted by Crippen LogP contribution is 2.12. The first-order chi connectivity index (χ1) is 6.02. The molecule has 0 aromatic rings. The van der Waals surface area contributed by atoms with Crippen LogP contribution < -0.4 is 5.32 Å². The zero-order valence-corrected chi connectivity index (χ0v) is 9.14. The van der Waals surface area contributed by atoms with E-state index in [1.807, 2.05) is 13.8 Å². The van der Waals surface area contributed by atoms with Crippen LogP contribution in [0.2, 0.25) is 0 Å². The predicted octanol–water partition coefficient (Wildman–Crippen LogP) is 2.70. The van der Waals surface area contributed by atoms with Crippen molar-refractivity contribution in [3.8, 4) is 0 Å². The molecule has 0 heterocycles. The lowest BCUT2D eigenvalue weighted by Crippen LogP contribution is -2.43. The quantitative estimate of drug-likeness (QED) is 0.718. The monoisotopic (exact) mass is 187 g/mol. The Morgan fingerprint density at radius 2 is 2.00 bits per heavy atom. The number of hydrogen-bond acceptors (Lipinski definition) is 2. The van der Waals surface area contributed by atoms with Crippen molar-refractivity contribution < 1.29 is 9.53 Å². The van der Waals surface area contributed by atoms with Crippen LogP contribution in [0.5, 0.6) is 0 Å². The number of nitrogens with one attached hydrogen (secondary N) is 1. The van der Waals surface area contributed by atoms with Gasteiger partial charge in [-0.1, -0.05) is 19.8 Å². The summed E-state index contributed by atoms with van der Waals surface area (Å²) in [6.45, 7) is 8.40. The molecule has 13 heavy (non-hydrogen) atoms. The van der Waals surface area contributed by atoms with Gasteiger partial charge in [0.05, 0.1) is 6.61 Å². The van der Waals surface area contributed by atoms with Crippen LogP contribution in [-0.4, -0.2) is 18.2 Å². The number of unbranched alkanes of at least 4 members (excludes halogenated alkanes) is 1. The Kier molecular flexibility index (Phi) is 5.51. The van der Waals surface area contributed by atoms with Gasteiger partial charge in [0.1, 0.15) is 0 Å². The molecule has 0 saturated heterocycles. The lowest BCUT2D eigenvalue weighted by molar-refractivity contribution is 0.140. The van der Waals surface area contributed by atoms with E-state index < -0.39 is 0 Å². The second-order valence-corrected chi connectivity index (χ2v) is 3.83. The van der Waals surface area contributed by atoms with Gasteiger partial charge in [-0.2, -0.15) is 0 Å². The van der Waals surface area contributed by atoms with Crippen molar-refractivity contribution in [3.63, 3.8) is 0 Å². The Morgan fingerprint density at radius 3 is 2.46 bits per heavy atom. The van der Waals surface area contributed by atoms with Crippen LogP contribution in [0, 0.1) is 0 Å². The summed E-state index contributed by atoms with van der Waals surface area (Å²) in [4.78, 5) is 11.1. The molecule has 0 aromatic heterocycles. The van der Waals surface area contributed by atoms with Gasteiger partial charge in [-0.3, -0.25) is 0 Å². The highest BCUT2D eigenvalue weighted by Gasteiger charge is 2.19. The Bertz CT molecular complexity index is 155. The van der Waals surface area contributed by atoms with Gasteiger partial charge in [0.15, 0.2) is 0 Å². The third-order valence-electron chi connectivity index (χ3n) is 1.87. The minimum absolute atomic E-state index is 0.151. The molecule has 3 nitrogen and oxygen atoms in total. The molecule has 0 unspecified atom stereocenters. The highest BCUT2D eigenvalue weighted by molar-refractivity contribution is 5.68. The normalized spacial score (nSPS) is 11.1. The molecule has 1 N–H and O–H groups in total. The van der Waals surface area contributed by atoms with Gasteiger partial charge in [0, 0.05) is 5.54 Å². The topological polar surface area (TPSA) is 38.3 Å². The molecule has 0 saturated carbocycles. The number of alkyl carbamates (subject to hydrolysis) is 1. The number of carbonyl (C=O) groups is 1. The Morgan fingerprint density at radius 1 is 1.38 bits per heavy atom. The van der Waals surface area contributed by atoms with E-state index >= 15 is 0 Å². The number of amides is 1. The lowest BCUT2D eigenvalue weighted by Gasteiger charge is -2.25. The van der Waals surface area contributed by atoms with Gasteiger partial charge in [-0.15, -0.1) is 0 Å². The van der Waals surface area contributed by atoms with Crippen LogP contribution in [-0.2, 0) is 4.74 Å². The zero-order valence-electron chi connectivity index (χ0n) is 9.14. The molecule has 3 heteroatoms.